The summed E-state index contributed by atoms with van der Waals surface area (Å²) in [7, 11) is 0. The normalized spacial score (nSPS) is 18.4. The second kappa shape index (κ2) is 6.43. The summed E-state index contributed by atoms with van der Waals surface area (Å²) in [5.74, 6) is 0.344. The van der Waals surface area contributed by atoms with E-state index in [1.807, 2.05) is 6.07 Å². The monoisotopic (exact) mass is 288 g/mol. The molecular weight excluding hydrogens is 269 g/mol. The molecule has 0 radical (unpaired) electrons. The Morgan fingerprint density at radius 3 is 2.60 bits per heavy atom. The van der Waals surface area contributed by atoms with Crippen LogP contribution in [0.25, 0.3) is 0 Å². The van der Waals surface area contributed by atoms with E-state index in [9.17, 15) is 18.0 Å². The van der Waals surface area contributed by atoms with Crippen molar-refractivity contribution in [2.45, 2.75) is 37.8 Å². The summed E-state index contributed by atoms with van der Waals surface area (Å²) in [6.45, 7) is 2.10. The van der Waals surface area contributed by atoms with E-state index in [4.69, 9.17) is 0 Å². The molecule has 1 aromatic heterocycles. The van der Waals surface area contributed by atoms with Crippen LogP contribution in [-0.4, -0.2) is 35.7 Å². The molecule has 0 atom stereocenters. The van der Waals surface area contributed by atoms with E-state index < -0.39 is 12.6 Å². The third kappa shape index (κ3) is 4.67. The second-order valence-electron chi connectivity index (χ2n) is 5.32. The zero-order chi connectivity index (χ0) is 14.6. The summed E-state index contributed by atoms with van der Waals surface area (Å²) in [5.41, 5.74) is 0.929. The first-order valence-corrected chi connectivity index (χ1v) is 6.92. The van der Waals surface area contributed by atoms with Crippen molar-refractivity contribution in [1.82, 2.24) is 9.88 Å². The number of pyridine rings is 1. The molecule has 2 heterocycles. The topological polar surface area (TPSA) is 36.1 Å². The van der Waals surface area contributed by atoms with Crippen molar-refractivity contribution in [1.29, 1.82) is 0 Å². The predicted molar refractivity (Wildman–Crippen MR) is 70.8 cm³/mol. The van der Waals surface area contributed by atoms with Crippen LogP contribution in [0.4, 0.5) is 13.2 Å². The minimum Gasteiger partial charge on any atom is -0.329 e. The van der Waals surface area contributed by atoms with Gasteiger partial charge in [0.25, 0.3) is 0 Å². The maximum atomic E-state index is 12.1. The lowest BCUT2D eigenvalue weighted by atomic mass is 9.90. The number of hydrogen-bond acceptors (Lipinski definition) is 2. The van der Waals surface area contributed by atoms with Crippen LogP contribution in [-0.2, 0) is 0 Å². The molecule has 1 N–H and O–H groups in total. The maximum Gasteiger partial charge on any atom is 0.389 e. The largest absolute Gasteiger partial charge is 0.389 e. The highest BCUT2D eigenvalue weighted by atomic mass is 19.4. The van der Waals surface area contributed by atoms with Gasteiger partial charge >= 0.3 is 6.18 Å². The van der Waals surface area contributed by atoms with Crippen molar-refractivity contribution in [3.8, 4) is 0 Å². The molecular formula is C14H19F3N2O. The zero-order valence-corrected chi connectivity index (χ0v) is 11.2. The second-order valence-corrected chi connectivity index (χ2v) is 5.32. The minimum absolute atomic E-state index is 0.102. The van der Waals surface area contributed by atoms with Crippen LogP contribution < -0.4 is 5.56 Å². The van der Waals surface area contributed by atoms with E-state index in [0.29, 0.717) is 12.5 Å². The number of nitrogens with one attached hydrogen (secondary N) is 1. The van der Waals surface area contributed by atoms with Crippen LogP contribution in [0.5, 0.6) is 0 Å². The van der Waals surface area contributed by atoms with Gasteiger partial charge in [0.1, 0.15) is 0 Å². The summed E-state index contributed by atoms with van der Waals surface area (Å²) in [4.78, 5) is 15.9. The van der Waals surface area contributed by atoms with Gasteiger partial charge in [-0.2, -0.15) is 13.2 Å². The lowest BCUT2D eigenvalue weighted by Gasteiger charge is -2.32. The molecule has 1 aliphatic rings. The van der Waals surface area contributed by atoms with Crippen LogP contribution >= 0.6 is 0 Å². The van der Waals surface area contributed by atoms with Gasteiger partial charge in [-0.25, -0.2) is 0 Å². The van der Waals surface area contributed by atoms with Gasteiger partial charge in [0.15, 0.2) is 0 Å². The van der Waals surface area contributed by atoms with Gasteiger partial charge in [0.2, 0.25) is 5.56 Å². The number of rotatable bonds is 4. The van der Waals surface area contributed by atoms with Gasteiger partial charge in [0, 0.05) is 18.7 Å². The van der Waals surface area contributed by atoms with Crippen LogP contribution in [0.2, 0.25) is 0 Å². The van der Waals surface area contributed by atoms with Gasteiger partial charge in [-0.1, -0.05) is 0 Å². The molecule has 1 aromatic rings. The molecule has 1 saturated heterocycles. The Morgan fingerprint density at radius 2 is 2.00 bits per heavy atom. The summed E-state index contributed by atoms with van der Waals surface area (Å²) in [6.07, 6.45) is -1.15. The van der Waals surface area contributed by atoms with Crippen molar-refractivity contribution in [3.05, 3.63) is 34.2 Å². The number of hydrogen-bond donors (Lipinski definition) is 1. The number of halogens is 3. The minimum atomic E-state index is -4.05. The molecule has 0 spiro atoms. The molecule has 0 amide bonds. The predicted octanol–water partition coefficient (Wildman–Crippen LogP) is 2.90. The molecule has 3 nitrogen and oxygen atoms in total. The van der Waals surface area contributed by atoms with Crippen molar-refractivity contribution < 1.29 is 13.2 Å². The SMILES string of the molecule is O=c1cc(C2CCN(CCCC(F)(F)F)CC2)cc[nH]1. The molecule has 1 fully saturated rings. The van der Waals surface area contributed by atoms with Gasteiger partial charge in [-0.3, -0.25) is 4.79 Å². The number of likely N-dealkylation sites (tertiary alicyclic amines) is 1. The van der Waals surface area contributed by atoms with Crippen molar-refractivity contribution >= 4 is 0 Å². The van der Waals surface area contributed by atoms with Gasteiger partial charge in [-0.15, -0.1) is 0 Å². The lowest BCUT2D eigenvalue weighted by Crippen LogP contribution is -2.34. The van der Waals surface area contributed by atoms with E-state index in [1.54, 1.807) is 12.3 Å². The van der Waals surface area contributed by atoms with Crippen LogP contribution in [0.15, 0.2) is 23.1 Å². The Kier molecular flexibility index (Phi) is 4.86. The van der Waals surface area contributed by atoms with E-state index in [1.165, 1.54) is 0 Å². The van der Waals surface area contributed by atoms with Crippen molar-refractivity contribution in [2.24, 2.45) is 0 Å². The highest BCUT2D eigenvalue weighted by molar-refractivity contribution is 5.16. The Morgan fingerprint density at radius 1 is 1.30 bits per heavy atom. The highest BCUT2D eigenvalue weighted by Gasteiger charge is 2.27. The Labute approximate surface area is 115 Å². The fraction of sp³-hybridized carbons (Fsp3) is 0.643. The first-order valence-electron chi connectivity index (χ1n) is 6.92. The molecule has 20 heavy (non-hydrogen) atoms. The van der Waals surface area contributed by atoms with Crippen molar-refractivity contribution in [3.63, 3.8) is 0 Å². The van der Waals surface area contributed by atoms with Gasteiger partial charge in [0.05, 0.1) is 0 Å². The number of piperidine rings is 1. The smallest absolute Gasteiger partial charge is 0.329 e. The Bertz CT molecular complexity index is 476. The molecule has 2 rings (SSSR count). The molecule has 0 saturated carbocycles. The maximum absolute atomic E-state index is 12.1. The Balaban J connectivity index is 1.76. The van der Waals surface area contributed by atoms with Crippen LogP contribution in [0.3, 0.4) is 0 Å². The third-order valence-electron chi connectivity index (χ3n) is 3.79. The lowest BCUT2D eigenvalue weighted by molar-refractivity contribution is -0.136. The summed E-state index contributed by atoms with van der Waals surface area (Å²) < 4.78 is 36.2. The first kappa shape index (κ1) is 15.1. The molecule has 0 unspecified atom stereocenters. The highest BCUT2D eigenvalue weighted by Crippen LogP contribution is 2.27. The number of aromatic nitrogens is 1. The average molecular weight is 288 g/mol. The third-order valence-corrected chi connectivity index (χ3v) is 3.79. The van der Waals surface area contributed by atoms with E-state index >= 15 is 0 Å². The number of aromatic amines is 1. The molecule has 6 heteroatoms. The number of alkyl halides is 3. The molecule has 1 aliphatic heterocycles. The Hall–Kier alpha value is -1.30. The first-order chi connectivity index (χ1) is 9.44. The summed E-state index contributed by atoms with van der Waals surface area (Å²) in [5, 5.41) is 0. The van der Waals surface area contributed by atoms with Crippen molar-refractivity contribution in [2.75, 3.05) is 19.6 Å². The van der Waals surface area contributed by atoms with Crippen LogP contribution in [0.1, 0.15) is 37.2 Å². The molecule has 112 valence electrons. The van der Waals surface area contributed by atoms with Crippen LogP contribution in [0, 0.1) is 0 Å². The average Bonchev–Trinajstić information content (AvgIpc) is 2.38. The molecule has 0 bridgehead atoms. The van der Waals surface area contributed by atoms with Gasteiger partial charge in [-0.05, 0) is 56.4 Å². The van der Waals surface area contributed by atoms with Gasteiger partial charge < -0.3 is 9.88 Å². The van der Waals surface area contributed by atoms with E-state index in [2.05, 4.69) is 9.88 Å². The summed E-state index contributed by atoms with van der Waals surface area (Å²) in [6, 6.07) is 3.52. The fourth-order valence-corrected chi connectivity index (χ4v) is 2.71. The molecule has 0 aromatic carbocycles. The molecule has 0 aliphatic carbocycles. The number of H-pyrrole nitrogens is 1. The fourth-order valence-electron chi connectivity index (χ4n) is 2.71. The summed E-state index contributed by atoms with van der Waals surface area (Å²) >= 11 is 0. The zero-order valence-electron chi connectivity index (χ0n) is 11.2. The van der Waals surface area contributed by atoms with E-state index in [-0.39, 0.29) is 12.0 Å². The number of nitrogens with zero attached hydrogens (tertiary/aromatic N) is 1. The quantitative estimate of drug-likeness (QED) is 0.924. The van der Waals surface area contributed by atoms with E-state index in [0.717, 1.165) is 31.5 Å². The standard InChI is InChI=1S/C14H19F3N2O/c15-14(16,17)5-1-7-19-8-3-11(4-9-19)12-2-6-18-13(20)10-12/h2,6,10-11H,1,3-5,7-9H2,(H,18,20).